The van der Waals surface area contributed by atoms with E-state index in [-0.39, 0.29) is 20.1 Å². The number of benzene rings is 12. The fraction of sp³-hybridized carbons (Fsp3) is 0.128. The van der Waals surface area contributed by atoms with Crippen molar-refractivity contribution in [2.24, 2.45) is 0 Å². The van der Waals surface area contributed by atoms with Gasteiger partial charge in [0.2, 0.25) is 0 Å². The molecule has 0 unspecified atom stereocenters. The van der Waals surface area contributed by atoms with Gasteiger partial charge in [0, 0.05) is 76.7 Å². The SMILES string of the molecule is Cc1cc(CCc2ccc(C(C)(c3ccc(CCc4ccc(N5[CH-]N(c6[c-]cccc6)c6ccccc65)c(C)c4)cc3)c3ccc(CCc4ccc(N5[CH-]N(c6[c-]cccc6)c6ccccc65)c(C)c4)cc3)cc2)ccc1N1[CH-]N(c2[c-]cccc2)c2ccccc21.[Ir]. The van der Waals surface area contributed by atoms with E-state index in [1.807, 2.05) is 36.4 Å². The van der Waals surface area contributed by atoms with Gasteiger partial charge in [-0.1, -0.05) is 146 Å². The molecule has 12 aromatic carbocycles. The van der Waals surface area contributed by atoms with Crippen molar-refractivity contribution in [3.05, 3.63) is 378 Å². The smallest absolute Gasteiger partial charge is 0.0423 e. The maximum atomic E-state index is 3.42. The predicted octanol–water partition coefficient (Wildman–Crippen LogP) is 20.9. The van der Waals surface area contributed by atoms with Crippen LogP contribution in [0.25, 0.3) is 0 Å². The van der Waals surface area contributed by atoms with Gasteiger partial charge in [-0.3, -0.25) is 0 Å². The van der Waals surface area contributed by atoms with Crippen molar-refractivity contribution in [2.45, 2.75) is 71.6 Å². The minimum absolute atomic E-state index is 0. The van der Waals surface area contributed by atoms with Crippen LogP contribution in [0.3, 0.4) is 0 Å². The third-order valence-electron chi connectivity index (χ3n) is 19.0. The molecule has 1 radical (unpaired) electrons. The predicted molar refractivity (Wildman–Crippen MR) is 382 cm³/mol. The van der Waals surface area contributed by atoms with Crippen LogP contribution < -0.4 is 29.4 Å². The summed E-state index contributed by atoms with van der Waals surface area (Å²) < 4.78 is 0. The number of para-hydroxylation sites is 9. The number of hydrogen-bond acceptors (Lipinski definition) is 6. The van der Waals surface area contributed by atoms with Gasteiger partial charge in [0.1, 0.15) is 0 Å². The van der Waals surface area contributed by atoms with E-state index >= 15 is 0 Å². The molecule has 0 atom stereocenters. The van der Waals surface area contributed by atoms with Gasteiger partial charge in [-0.25, -0.2) is 0 Å². The van der Waals surface area contributed by atoms with Crippen LogP contribution >= 0.6 is 0 Å². The molecule has 7 heteroatoms. The molecule has 0 N–H and O–H groups in total. The van der Waals surface area contributed by atoms with Crippen LogP contribution in [0.5, 0.6) is 0 Å². The van der Waals surface area contributed by atoms with Crippen molar-refractivity contribution in [2.75, 3.05) is 29.4 Å². The Hall–Kier alpha value is -9.91. The first-order valence-electron chi connectivity index (χ1n) is 32.2. The van der Waals surface area contributed by atoms with Crippen LogP contribution in [0.4, 0.5) is 68.2 Å². The molecule has 0 bridgehead atoms. The number of nitrogens with zero attached hydrogens (tertiary/aromatic N) is 6. The Morgan fingerprint density at radius 3 is 0.753 bits per heavy atom. The van der Waals surface area contributed by atoms with Gasteiger partial charge in [-0.2, -0.15) is 91.0 Å². The Bertz CT molecular complexity index is 4110. The van der Waals surface area contributed by atoms with E-state index in [0.29, 0.717) is 0 Å². The van der Waals surface area contributed by atoms with Crippen LogP contribution in [-0.2, 0) is 64.0 Å². The number of rotatable bonds is 18. The first-order chi connectivity index (χ1) is 45.2. The van der Waals surface area contributed by atoms with Crippen LogP contribution in [0.15, 0.2) is 273 Å². The van der Waals surface area contributed by atoms with Crippen molar-refractivity contribution >= 4 is 68.2 Å². The summed E-state index contributed by atoms with van der Waals surface area (Å²) in [5.41, 5.74) is 28.8. The van der Waals surface area contributed by atoms with E-state index in [9.17, 15) is 0 Å². The Morgan fingerprint density at radius 1 is 0.269 bits per heavy atom. The molecule has 12 aromatic rings. The molecular formula is C86H72IrN6-6. The van der Waals surface area contributed by atoms with Crippen molar-refractivity contribution in [3.63, 3.8) is 0 Å². The number of hydrogen-bond donors (Lipinski definition) is 0. The molecule has 461 valence electrons. The van der Waals surface area contributed by atoms with E-state index in [4.69, 9.17) is 0 Å². The molecule has 0 amide bonds. The zero-order chi connectivity index (χ0) is 62.1. The molecule has 3 aliphatic heterocycles. The fourth-order valence-electron chi connectivity index (χ4n) is 13.9. The molecule has 0 fully saturated rings. The molecule has 3 aliphatic rings. The molecule has 0 saturated heterocycles. The van der Waals surface area contributed by atoms with E-state index in [0.717, 1.165) is 72.6 Å². The van der Waals surface area contributed by atoms with E-state index in [1.54, 1.807) is 0 Å². The van der Waals surface area contributed by atoms with Gasteiger partial charge < -0.3 is 29.4 Å². The van der Waals surface area contributed by atoms with Gasteiger partial charge in [-0.15, -0.1) is 37.1 Å². The third kappa shape index (κ3) is 12.0. The molecule has 0 saturated carbocycles. The van der Waals surface area contributed by atoms with Gasteiger partial charge in [0.25, 0.3) is 0 Å². The minimum Gasteiger partial charge on any atom is -0.493 e. The molecule has 0 aromatic heterocycles. The Kier molecular flexibility index (Phi) is 17.2. The zero-order valence-electron chi connectivity index (χ0n) is 53.0. The monoisotopic (exact) mass is 1380 g/mol. The van der Waals surface area contributed by atoms with Crippen LogP contribution in [0.2, 0.25) is 0 Å². The van der Waals surface area contributed by atoms with E-state index in [1.165, 1.54) is 101 Å². The Morgan fingerprint density at radius 2 is 0.505 bits per heavy atom. The largest absolute Gasteiger partial charge is 0.493 e. The first-order valence-corrected chi connectivity index (χ1v) is 32.2. The standard InChI is InChI=1S/C86H72N6.Ir/c1-62-56-68(44-53-77(62)90-59-87(74-20-8-5-9-21-74)80-26-14-17-29-83(80)90)35-32-65-38-47-71(48-39-65)86(4,72-49-40-66(41-50-72)33-36-69-45-54-78(63(2)57-69)91-60-88(75-22-10-6-11-23-75)81-27-15-18-30-84(81)91)73-51-42-67(43-52-73)34-37-70-46-55-79(64(3)58-70)92-61-89(76-24-12-7-13-25-76)82-28-16-19-31-85(82)92;/h5-20,22,24,26-31,38-61H,32-37H2,1-4H3;/q-6;. The number of anilines is 12. The van der Waals surface area contributed by atoms with Crippen molar-refractivity contribution in [1.82, 2.24) is 0 Å². The van der Waals surface area contributed by atoms with Gasteiger partial charge in [0.05, 0.1) is 0 Å². The van der Waals surface area contributed by atoms with Crippen LogP contribution in [0, 0.1) is 59.0 Å². The van der Waals surface area contributed by atoms with E-state index in [2.05, 4.69) is 332 Å². The summed E-state index contributed by atoms with van der Waals surface area (Å²) in [6.07, 6.45) is 5.72. The number of fused-ring (bicyclic) bond motifs is 3. The fourth-order valence-corrected chi connectivity index (χ4v) is 13.9. The average molecular weight is 1380 g/mol. The van der Waals surface area contributed by atoms with Crippen molar-refractivity contribution in [1.29, 1.82) is 0 Å². The molecule has 6 nitrogen and oxygen atoms in total. The van der Waals surface area contributed by atoms with Gasteiger partial charge in [0.15, 0.2) is 0 Å². The van der Waals surface area contributed by atoms with Gasteiger partial charge >= 0.3 is 0 Å². The molecule has 0 aliphatic carbocycles. The molecule has 3 heterocycles. The molecule has 93 heavy (non-hydrogen) atoms. The second kappa shape index (κ2) is 26.4. The molecule has 15 rings (SSSR count). The summed E-state index contributed by atoms with van der Waals surface area (Å²) in [6, 6.07) is 110. The maximum Gasteiger partial charge on any atom is 0.0423 e. The van der Waals surface area contributed by atoms with E-state index < -0.39 is 5.41 Å². The van der Waals surface area contributed by atoms with Crippen molar-refractivity contribution < 1.29 is 20.1 Å². The quantitative estimate of drug-likeness (QED) is 0.0625. The summed E-state index contributed by atoms with van der Waals surface area (Å²) in [7, 11) is 0. The Balaban J connectivity index is 0.00000749. The summed E-state index contributed by atoms with van der Waals surface area (Å²) >= 11 is 0. The maximum absolute atomic E-state index is 3.42. The van der Waals surface area contributed by atoms with Gasteiger partial charge in [-0.05, 0) is 188 Å². The number of aryl methyl sites for hydroxylation is 9. The topological polar surface area (TPSA) is 19.4 Å². The third-order valence-corrected chi connectivity index (χ3v) is 19.0. The Labute approximate surface area is 563 Å². The molecule has 0 spiro atoms. The second-order valence-corrected chi connectivity index (χ2v) is 24.9. The normalized spacial score (nSPS) is 13.3. The van der Waals surface area contributed by atoms with Crippen molar-refractivity contribution in [3.8, 4) is 0 Å². The first kappa shape index (κ1) is 60.6. The summed E-state index contributed by atoms with van der Waals surface area (Å²) in [5, 5.41) is 0. The second-order valence-electron chi connectivity index (χ2n) is 24.9. The van der Waals surface area contributed by atoms with Crippen LogP contribution in [-0.4, -0.2) is 0 Å². The summed E-state index contributed by atoms with van der Waals surface area (Å²) in [4.78, 5) is 13.6. The van der Waals surface area contributed by atoms with Crippen LogP contribution in [0.1, 0.15) is 73.7 Å². The minimum atomic E-state index is -0.402. The molecular weight excluding hydrogens is 1310 g/mol. The zero-order valence-corrected chi connectivity index (χ0v) is 55.4. The average Bonchev–Trinajstić information content (AvgIpc) is 1.76. The summed E-state index contributed by atoms with van der Waals surface area (Å²) in [6.45, 7) is 15.7. The summed E-state index contributed by atoms with van der Waals surface area (Å²) in [5.74, 6) is 0.